The minimum absolute atomic E-state index is 0.222. The van der Waals surface area contributed by atoms with E-state index in [1.807, 2.05) is 0 Å². The summed E-state index contributed by atoms with van der Waals surface area (Å²) in [6.07, 6.45) is -0.592. The molecule has 6 nitrogen and oxygen atoms in total. The van der Waals surface area contributed by atoms with Gasteiger partial charge in [-0.15, -0.1) is 0 Å². The quantitative estimate of drug-likeness (QED) is 0.842. The third-order valence-corrected chi connectivity index (χ3v) is 4.99. The molecular weight excluding hydrogens is 316 g/mol. The van der Waals surface area contributed by atoms with Gasteiger partial charge in [0, 0.05) is 0 Å². The Morgan fingerprint density at radius 1 is 1.13 bits per heavy atom. The Kier molecular flexibility index (Phi) is 4.06. The van der Waals surface area contributed by atoms with E-state index in [0.29, 0.717) is 23.4 Å². The highest BCUT2D eigenvalue weighted by Crippen LogP contribution is 2.30. The lowest BCUT2D eigenvalue weighted by Gasteiger charge is -2.28. The molecule has 0 radical (unpaired) electrons. The van der Waals surface area contributed by atoms with Crippen molar-refractivity contribution in [2.45, 2.75) is 18.0 Å². The van der Waals surface area contributed by atoms with Crippen molar-refractivity contribution in [3.05, 3.63) is 59.7 Å². The third kappa shape index (κ3) is 3.06. The molecule has 1 heterocycles. The molecule has 7 heteroatoms. The number of hydrogen-bond donors (Lipinski definition) is 2. The standard InChI is InChI=1S/C16H16N2O4S/c1-2-22-16(19)12-9-7-11(8-10-12)15-17-13-5-3-4-6-14(13)23(20,21)18-15/h3-10,15,17-18H,2H2,1H3. The van der Waals surface area contributed by atoms with Gasteiger partial charge >= 0.3 is 5.97 Å². The van der Waals surface area contributed by atoms with Crippen LogP contribution in [0.3, 0.4) is 0 Å². The molecule has 1 unspecified atom stereocenters. The van der Waals surface area contributed by atoms with E-state index in [9.17, 15) is 13.2 Å². The maximum Gasteiger partial charge on any atom is 0.338 e. The number of rotatable bonds is 3. The molecule has 0 spiro atoms. The van der Waals surface area contributed by atoms with Gasteiger partial charge < -0.3 is 10.1 Å². The molecule has 0 saturated carbocycles. The summed E-state index contributed by atoms with van der Waals surface area (Å²) in [6.45, 7) is 2.05. The van der Waals surface area contributed by atoms with E-state index in [0.717, 1.165) is 0 Å². The van der Waals surface area contributed by atoms with E-state index in [1.54, 1.807) is 55.5 Å². The van der Waals surface area contributed by atoms with Crippen LogP contribution in [-0.2, 0) is 14.8 Å². The van der Waals surface area contributed by atoms with Gasteiger partial charge in [-0.05, 0) is 36.8 Å². The molecule has 2 aromatic carbocycles. The van der Waals surface area contributed by atoms with E-state index >= 15 is 0 Å². The fraction of sp³-hybridized carbons (Fsp3) is 0.188. The van der Waals surface area contributed by atoms with Crippen LogP contribution in [0.4, 0.5) is 5.69 Å². The minimum Gasteiger partial charge on any atom is -0.462 e. The lowest BCUT2D eigenvalue weighted by Crippen LogP contribution is -2.38. The average molecular weight is 332 g/mol. The number of carbonyl (C=O) groups is 1. The average Bonchev–Trinajstić information content (AvgIpc) is 2.54. The van der Waals surface area contributed by atoms with E-state index in [1.165, 1.54) is 0 Å². The van der Waals surface area contributed by atoms with Crippen LogP contribution in [0.5, 0.6) is 0 Å². The number of para-hydroxylation sites is 1. The minimum atomic E-state index is -3.58. The first-order valence-corrected chi connectivity index (χ1v) is 8.64. The number of carbonyl (C=O) groups excluding carboxylic acids is 1. The molecule has 1 aliphatic heterocycles. The molecule has 0 amide bonds. The number of ether oxygens (including phenoxy) is 1. The topological polar surface area (TPSA) is 84.5 Å². The molecule has 120 valence electrons. The second kappa shape index (κ2) is 6.02. The van der Waals surface area contributed by atoms with E-state index in [2.05, 4.69) is 10.0 Å². The fourth-order valence-electron chi connectivity index (χ4n) is 2.40. The molecule has 0 fully saturated rings. The Bertz CT molecular complexity index is 831. The summed E-state index contributed by atoms with van der Waals surface area (Å²) in [6, 6.07) is 13.3. The smallest absolute Gasteiger partial charge is 0.338 e. The van der Waals surface area contributed by atoms with Gasteiger partial charge in [-0.25, -0.2) is 13.2 Å². The highest BCUT2D eigenvalue weighted by molar-refractivity contribution is 7.89. The third-order valence-electron chi connectivity index (χ3n) is 3.50. The number of hydrogen-bond acceptors (Lipinski definition) is 5. The van der Waals surface area contributed by atoms with E-state index in [4.69, 9.17) is 4.74 Å². The van der Waals surface area contributed by atoms with Crippen LogP contribution in [0.2, 0.25) is 0 Å². The summed E-state index contributed by atoms with van der Waals surface area (Å²) < 4.78 is 32.1. The first-order valence-electron chi connectivity index (χ1n) is 7.16. The molecule has 0 bridgehead atoms. The largest absolute Gasteiger partial charge is 0.462 e. The normalized spacial score (nSPS) is 18.6. The van der Waals surface area contributed by atoms with Crippen molar-refractivity contribution < 1.29 is 17.9 Å². The summed E-state index contributed by atoms with van der Waals surface area (Å²) in [5, 5.41) is 3.14. The van der Waals surface area contributed by atoms with Gasteiger partial charge in [-0.2, -0.15) is 4.72 Å². The van der Waals surface area contributed by atoms with E-state index < -0.39 is 22.2 Å². The summed E-state index contributed by atoms with van der Waals surface area (Å²) in [5.74, 6) is -0.401. The lowest BCUT2D eigenvalue weighted by molar-refractivity contribution is 0.0526. The maximum atomic E-state index is 12.3. The zero-order chi connectivity index (χ0) is 16.4. The van der Waals surface area contributed by atoms with Gasteiger partial charge in [-0.3, -0.25) is 0 Å². The van der Waals surface area contributed by atoms with Gasteiger partial charge in [0.15, 0.2) is 0 Å². The predicted molar refractivity (Wildman–Crippen MR) is 85.5 cm³/mol. The van der Waals surface area contributed by atoms with Gasteiger partial charge in [0.05, 0.1) is 17.9 Å². The van der Waals surface area contributed by atoms with Crippen LogP contribution < -0.4 is 10.0 Å². The number of esters is 1. The van der Waals surface area contributed by atoms with Crippen LogP contribution in [0.1, 0.15) is 29.0 Å². The van der Waals surface area contributed by atoms with Crippen molar-refractivity contribution in [3.8, 4) is 0 Å². The van der Waals surface area contributed by atoms with Crippen LogP contribution in [0.15, 0.2) is 53.4 Å². The van der Waals surface area contributed by atoms with Crippen molar-refractivity contribution in [1.29, 1.82) is 0 Å². The summed E-state index contributed by atoms with van der Waals surface area (Å²) in [7, 11) is -3.58. The van der Waals surface area contributed by atoms with Crippen molar-refractivity contribution in [2.75, 3.05) is 11.9 Å². The highest BCUT2D eigenvalue weighted by Gasteiger charge is 2.29. The second-order valence-corrected chi connectivity index (χ2v) is 6.72. The van der Waals surface area contributed by atoms with Crippen LogP contribution in [-0.4, -0.2) is 21.0 Å². The van der Waals surface area contributed by atoms with Gasteiger partial charge in [0.1, 0.15) is 11.1 Å². The molecule has 1 atom stereocenters. The second-order valence-electron chi connectivity index (χ2n) is 5.04. The van der Waals surface area contributed by atoms with Crippen LogP contribution >= 0.6 is 0 Å². The number of fused-ring (bicyclic) bond motifs is 1. The first kappa shape index (κ1) is 15.5. The Morgan fingerprint density at radius 3 is 2.52 bits per heavy atom. The predicted octanol–water partition coefficient (Wildman–Crippen LogP) is 2.27. The molecule has 3 rings (SSSR count). The summed E-state index contributed by atoms with van der Waals surface area (Å²) in [4.78, 5) is 11.9. The number of sulfonamides is 1. The Balaban J connectivity index is 1.88. The zero-order valence-corrected chi connectivity index (χ0v) is 13.3. The van der Waals surface area contributed by atoms with Crippen LogP contribution in [0, 0.1) is 0 Å². The highest BCUT2D eigenvalue weighted by atomic mass is 32.2. The Labute approximate surface area is 134 Å². The molecule has 23 heavy (non-hydrogen) atoms. The zero-order valence-electron chi connectivity index (χ0n) is 12.4. The summed E-state index contributed by atoms with van der Waals surface area (Å²) >= 11 is 0. The van der Waals surface area contributed by atoms with Gasteiger partial charge in [-0.1, -0.05) is 24.3 Å². The molecule has 2 aromatic rings. The lowest BCUT2D eigenvalue weighted by atomic mass is 10.1. The summed E-state index contributed by atoms with van der Waals surface area (Å²) in [5.41, 5.74) is 1.68. The SMILES string of the molecule is CCOC(=O)c1ccc(C2Nc3ccccc3S(=O)(=O)N2)cc1. The number of nitrogens with one attached hydrogen (secondary N) is 2. The monoisotopic (exact) mass is 332 g/mol. The number of anilines is 1. The molecule has 2 N–H and O–H groups in total. The fourth-order valence-corrected chi connectivity index (χ4v) is 3.71. The van der Waals surface area contributed by atoms with Gasteiger partial charge in [0.25, 0.3) is 0 Å². The first-order chi connectivity index (χ1) is 11.0. The molecule has 0 saturated heterocycles. The Morgan fingerprint density at radius 2 is 1.83 bits per heavy atom. The molecule has 0 aromatic heterocycles. The van der Waals surface area contributed by atoms with Crippen molar-refractivity contribution in [2.24, 2.45) is 0 Å². The molecular formula is C16H16N2O4S. The van der Waals surface area contributed by atoms with Gasteiger partial charge in [0.2, 0.25) is 10.0 Å². The maximum absolute atomic E-state index is 12.3. The van der Waals surface area contributed by atoms with Crippen LogP contribution in [0.25, 0.3) is 0 Å². The van der Waals surface area contributed by atoms with E-state index in [-0.39, 0.29) is 4.90 Å². The molecule has 1 aliphatic rings. The van der Waals surface area contributed by atoms with Crippen molar-refractivity contribution in [3.63, 3.8) is 0 Å². The van der Waals surface area contributed by atoms with Crippen molar-refractivity contribution in [1.82, 2.24) is 4.72 Å². The Hall–Kier alpha value is -2.38. The number of benzene rings is 2. The molecule has 0 aliphatic carbocycles. The van der Waals surface area contributed by atoms with Crippen molar-refractivity contribution >= 4 is 21.7 Å².